The predicted molar refractivity (Wildman–Crippen MR) is 103 cm³/mol. The van der Waals surface area contributed by atoms with E-state index in [0.29, 0.717) is 10.7 Å². The van der Waals surface area contributed by atoms with E-state index in [0.717, 1.165) is 10.9 Å². The topological polar surface area (TPSA) is 76.1 Å². The lowest BCUT2D eigenvalue weighted by molar-refractivity contribution is -0.117. The van der Waals surface area contributed by atoms with Crippen LogP contribution in [0.3, 0.4) is 0 Å². The van der Waals surface area contributed by atoms with Gasteiger partial charge in [-0.3, -0.25) is 9.78 Å². The number of carbonyl (C=O) groups is 1. The Labute approximate surface area is 156 Å². The van der Waals surface area contributed by atoms with Crippen molar-refractivity contribution >= 4 is 43.9 Å². The number of nitrogens with zero attached hydrogens (tertiary/aromatic N) is 1. The van der Waals surface area contributed by atoms with Crippen LogP contribution in [0.2, 0.25) is 5.02 Å². The number of nitrogens with one attached hydrogen (secondary N) is 1. The number of sulfone groups is 1. The van der Waals surface area contributed by atoms with E-state index in [1.807, 2.05) is 24.3 Å². The molecule has 0 saturated heterocycles. The van der Waals surface area contributed by atoms with E-state index < -0.39 is 20.5 Å². The maximum atomic E-state index is 12.9. The van der Waals surface area contributed by atoms with Gasteiger partial charge in [0.15, 0.2) is 9.84 Å². The van der Waals surface area contributed by atoms with E-state index in [1.165, 1.54) is 44.3 Å². The summed E-state index contributed by atoms with van der Waals surface area (Å²) in [6.45, 7) is 2.75. The Kier molecular flexibility index (Phi) is 4.73. The number of rotatable bonds is 4. The van der Waals surface area contributed by atoms with Crippen molar-refractivity contribution in [3.63, 3.8) is 0 Å². The molecule has 3 aromatic rings. The first-order valence-electron chi connectivity index (χ1n) is 7.88. The number of anilines is 1. The molecule has 0 unspecified atom stereocenters. The van der Waals surface area contributed by atoms with Gasteiger partial charge in [0, 0.05) is 10.4 Å². The lowest BCUT2D eigenvalue weighted by Crippen LogP contribution is -2.44. The number of benzene rings is 2. The molecular formula is C19H17ClN2O3S. The van der Waals surface area contributed by atoms with Crippen LogP contribution in [0.15, 0.2) is 65.7 Å². The molecule has 1 amide bonds. The average Bonchev–Trinajstić information content (AvgIpc) is 2.61. The molecule has 0 bridgehead atoms. The molecule has 0 radical (unpaired) electrons. The van der Waals surface area contributed by atoms with Crippen molar-refractivity contribution in [3.8, 4) is 0 Å². The van der Waals surface area contributed by atoms with Crippen LogP contribution >= 0.6 is 11.6 Å². The van der Waals surface area contributed by atoms with Crippen LogP contribution in [0.25, 0.3) is 10.9 Å². The van der Waals surface area contributed by atoms with E-state index in [-0.39, 0.29) is 4.90 Å². The Morgan fingerprint density at radius 3 is 2.42 bits per heavy atom. The van der Waals surface area contributed by atoms with Crippen LogP contribution in [-0.4, -0.2) is 24.1 Å². The van der Waals surface area contributed by atoms with E-state index in [1.54, 1.807) is 6.07 Å². The Balaban J connectivity index is 1.90. The van der Waals surface area contributed by atoms with Crippen molar-refractivity contribution in [1.29, 1.82) is 0 Å². The molecule has 134 valence electrons. The lowest BCUT2D eigenvalue weighted by Gasteiger charge is -2.24. The highest BCUT2D eigenvalue weighted by atomic mass is 35.5. The monoisotopic (exact) mass is 388 g/mol. The van der Waals surface area contributed by atoms with Crippen molar-refractivity contribution in [3.05, 3.63) is 65.8 Å². The Hall–Kier alpha value is -2.44. The number of hydrogen-bond acceptors (Lipinski definition) is 4. The van der Waals surface area contributed by atoms with Crippen molar-refractivity contribution in [2.75, 3.05) is 5.32 Å². The van der Waals surface area contributed by atoms with E-state index >= 15 is 0 Å². The molecule has 0 fully saturated rings. The van der Waals surface area contributed by atoms with Gasteiger partial charge in [-0.2, -0.15) is 0 Å². The zero-order valence-corrected chi connectivity index (χ0v) is 15.8. The minimum absolute atomic E-state index is 0.0405. The smallest absolute Gasteiger partial charge is 0.245 e. The molecule has 5 nitrogen and oxygen atoms in total. The summed E-state index contributed by atoms with van der Waals surface area (Å²) in [5.74, 6) is -0.635. The molecule has 2 aromatic carbocycles. The number of carbonyl (C=O) groups excluding carboxylic acids is 1. The molecule has 0 spiro atoms. The normalized spacial score (nSPS) is 12.1. The van der Waals surface area contributed by atoms with Gasteiger partial charge in [-0.25, -0.2) is 8.42 Å². The third-order valence-electron chi connectivity index (χ3n) is 4.19. The third kappa shape index (κ3) is 3.30. The van der Waals surface area contributed by atoms with Gasteiger partial charge in [-0.05, 0) is 50.2 Å². The highest BCUT2D eigenvalue weighted by molar-refractivity contribution is 7.93. The molecule has 7 heteroatoms. The standard InChI is InChI=1S/C19H17ClN2O3S/c1-19(2,26(24,25)16-9-7-14(20)8-10-16)18(23)22-15-11-13-5-3-4-6-17(13)21-12-15/h3-12H,1-2H3,(H,22,23). The Morgan fingerprint density at radius 1 is 1.08 bits per heavy atom. The van der Waals surface area contributed by atoms with E-state index in [2.05, 4.69) is 10.3 Å². The predicted octanol–water partition coefficient (Wildman–Crippen LogP) is 4.08. The van der Waals surface area contributed by atoms with Gasteiger partial charge in [0.05, 0.1) is 22.3 Å². The first kappa shape index (κ1) is 18.4. The number of amides is 1. The third-order valence-corrected chi connectivity index (χ3v) is 6.86. The molecule has 26 heavy (non-hydrogen) atoms. The van der Waals surface area contributed by atoms with Crippen LogP contribution in [0.1, 0.15) is 13.8 Å². The van der Waals surface area contributed by atoms with E-state index in [4.69, 9.17) is 11.6 Å². The molecule has 0 aliphatic heterocycles. The Bertz CT molecular complexity index is 1080. The summed E-state index contributed by atoms with van der Waals surface area (Å²) in [6, 6.07) is 15.0. The van der Waals surface area contributed by atoms with Gasteiger partial charge in [-0.1, -0.05) is 29.8 Å². The van der Waals surface area contributed by atoms with Gasteiger partial charge < -0.3 is 5.32 Å². The summed E-state index contributed by atoms with van der Waals surface area (Å²) in [5, 5.41) is 3.93. The van der Waals surface area contributed by atoms with Crippen molar-refractivity contribution in [2.45, 2.75) is 23.5 Å². The minimum Gasteiger partial charge on any atom is -0.323 e. The summed E-state index contributed by atoms with van der Waals surface area (Å²) < 4.78 is 24.1. The van der Waals surface area contributed by atoms with E-state index in [9.17, 15) is 13.2 Å². The second kappa shape index (κ2) is 6.70. The highest BCUT2D eigenvalue weighted by Crippen LogP contribution is 2.28. The minimum atomic E-state index is -3.91. The van der Waals surface area contributed by atoms with Crippen LogP contribution in [0, 0.1) is 0 Å². The first-order chi connectivity index (χ1) is 12.2. The molecule has 1 heterocycles. The molecular weight excluding hydrogens is 372 g/mol. The largest absolute Gasteiger partial charge is 0.323 e. The SMILES string of the molecule is CC(C)(C(=O)Nc1cnc2ccccc2c1)S(=O)(=O)c1ccc(Cl)cc1. The number of pyridine rings is 1. The summed E-state index contributed by atoms with van der Waals surface area (Å²) in [4.78, 5) is 17.0. The van der Waals surface area contributed by atoms with Crippen LogP contribution < -0.4 is 5.32 Å². The van der Waals surface area contributed by atoms with Gasteiger partial charge in [0.1, 0.15) is 4.75 Å². The fourth-order valence-electron chi connectivity index (χ4n) is 2.45. The molecule has 1 aromatic heterocycles. The van der Waals surface area contributed by atoms with Gasteiger partial charge in [0.2, 0.25) is 5.91 Å². The number of hydrogen-bond donors (Lipinski definition) is 1. The number of para-hydroxylation sites is 1. The molecule has 3 rings (SSSR count). The van der Waals surface area contributed by atoms with Crippen LogP contribution in [-0.2, 0) is 14.6 Å². The maximum absolute atomic E-state index is 12.9. The van der Waals surface area contributed by atoms with Crippen LogP contribution in [0.4, 0.5) is 5.69 Å². The van der Waals surface area contributed by atoms with Crippen molar-refractivity contribution in [2.24, 2.45) is 0 Å². The molecule has 0 atom stereocenters. The highest BCUT2D eigenvalue weighted by Gasteiger charge is 2.42. The summed E-state index contributed by atoms with van der Waals surface area (Å²) >= 11 is 5.81. The summed E-state index contributed by atoms with van der Waals surface area (Å²) in [6.07, 6.45) is 1.51. The van der Waals surface area contributed by atoms with Crippen molar-refractivity contribution in [1.82, 2.24) is 4.98 Å². The van der Waals surface area contributed by atoms with Gasteiger partial charge in [-0.15, -0.1) is 0 Å². The molecule has 0 saturated carbocycles. The second-order valence-corrected chi connectivity index (χ2v) is 9.27. The first-order valence-corrected chi connectivity index (χ1v) is 9.74. The zero-order valence-electron chi connectivity index (χ0n) is 14.2. The maximum Gasteiger partial charge on any atom is 0.245 e. The average molecular weight is 389 g/mol. The second-order valence-electron chi connectivity index (χ2n) is 6.34. The molecule has 0 aliphatic rings. The van der Waals surface area contributed by atoms with Gasteiger partial charge in [0.25, 0.3) is 0 Å². The van der Waals surface area contributed by atoms with Gasteiger partial charge >= 0.3 is 0 Å². The fraction of sp³-hybridized carbons (Fsp3) is 0.158. The molecule has 1 N–H and O–H groups in total. The van der Waals surface area contributed by atoms with Crippen LogP contribution in [0.5, 0.6) is 0 Å². The molecule has 0 aliphatic carbocycles. The summed E-state index contributed by atoms with van der Waals surface area (Å²) in [5.41, 5.74) is 1.23. The number of aromatic nitrogens is 1. The summed E-state index contributed by atoms with van der Waals surface area (Å²) in [7, 11) is -3.91. The fourth-order valence-corrected chi connectivity index (χ4v) is 3.96. The number of halogens is 1. The lowest BCUT2D eigenvalue weighted by atomic mass is 10.1. The van der Waals surface area contributed by atoms with Crippen molar-refractivity contribution < 1.29 is 13.2 Å². The zero-order chi connectivity index (χ0) is 18.9. The Morgan fingerprint density at radius 2 is 1.73 bits per heavy atom. The number of fused-ring (bicyclic) bond motifs is 1. The quantitative estimate of drug-likeness (QED) is 0.730.